The summed E-state index contributed by atoms with van der Waals surface area (Å²) in [6.07, 6.45) is 6.49. The number of esters is 1. The van der Waals surface area contributed by atoms with Gasteiger partial charge in [-0.25, -0.2) is 0 Å². The monoisotopic (exact) mass is 609 g/mol. The number of allylic oxidation sites excluding steroid dienone is 1. The molecule has 3 aliphatic rings. The summed E-state index contributed by atoms with van der Waals surface area (Å²) in [5, 5.41) is 12.3. The van der Waals surface area contributed by atoms with Gasteiger partial charge in [-0.1, -0.05) is 42.5 Å². The highest BCUT2D eigenvalue weighted by molar-refractivity contribution is 5.99. The normalized spacial score (nSPS) is 25.9. The van der Waals surface area contributed by atoms with Crippen LogP contribution in [0.15, 0.2) is 55.6 Å². The number of fused-ring (bicyclic) bond motifs is 1. The smallest absolute Gasteiger partial charge is 0.306 e. The van der Waals surface area contributed by atoms with Crippen molar-refractivity contribution in [3.05, 3.63) is 61.2 Å². The number of unbranched alkanes of at least 4 members (excludes halogenated alkanes) is 2. The lowest BCUT2D eigenvalue weighted by Gasteiger charge is -2.38. The summed E-state index contributed by atoms with van der Waals surface area (Å²) >= 11 is 0. The summed E-state index contributed by atoms with van der Waals surface area (Å²) in [4.78, 5) is 58.2. The molecule has 1 aromatic carbocycles. The number of amides is 3. The lowest BCUT2D eigenvalue weighted by molar-refractivity contribution is -0.149. The Morgan fingerprint density at radius 2 is 1.93 bits per heavy atom. The molecule has 10 nitrogen and oxygen atoms in total. The van der Waals surface area contributed by atoms with Gasteiger partial charge in [-0.15, -0.1) is 13.2 Å². The van der Waals surface area contributed by atoms with Gasteiger partial charge >= 0.3 is 5.97 Å². The number of rotatable bonds is 17. The molecule has 1 aromatic rings. The molecule has 3 fully saturated rings. The number of hydrogen-bond donors (Lipinski definition) is 2. The number of likely N-dealkylation sites (tertiary alicyclic amines) is 1. The van der Waals surface area contributed by atoms with E-state index in [1.807, 2.05) is 44.2 Å². The van der Waals surface area contributed by atoms with E-state index in [0.717, 1.165) is 5.56 Å². The molecule has 2 bridgehead atoms. The highest BCUT2D eigenvalue weighted by Gasteiger charge is 2.74. The van der Waals surface area contributed by atoms with E-state index in [1.54, 1.807) is 22.0 Å². The number of ether oxygens (including phenoxy) is 2. The van der Waals surface area contributed by atoms with E-state index >= 15 is 0 Å². The molecule has 3 amide bonds. The predicted octanol–water partition coefficient (Wildman–Crippen LogP) is 3.31. The molecular weight excluding hydrogens is 562 g/mol. The summed E-state index contributed by atoms with van der Waals surface area (Å²) in [5.74, 6) is -2.79. The Labute approximate surface area is 260 Å². The number of nitrogens with one attached hydrogen (secondary N) is 1. The van der Waals surface area contributed by atoms with Crippen LogP contribution in [0.1, 0.15) is 70.4 Å². The first kappa shape index (κ1) is 33.4. The number of aliphatic hydroxyl groups is 1. The maximum atomic E-state index is 14.2. The van der Waals surface area contributed by atoms with Gasteiger partial charge in [0.05, 0.1) is 24.0 Å². The molecule has 0 unspecified atom stereocenters. The molecule has 0 radical (unpaired) electrons. The van der Waals surface area contributed by atoms with E-state index in [9.17, 15) is 24.3 Å². The Bertz CT molecular complexity index is 1200. The Hall–Kier alpha value is -3.50. The van der Waals surface area contributed by atoms with Crippen LogP contribution in [0.3, 0.4) is 0 Å². The van der Waals surface area contributed by atoms with Crippen molar-refractivity contribution in [2.45, 2.75) is 88.6 Å². The van der Waals surface area contributed by atoms with Crippen molar-refractivity contribution < 1.29 is 33.8 Å². The van der Waals surface area contributed by atoms with Crippen LogP contribution in [-0.2, 0) is 28.7 Å². The fraction of sp³-hybridized carbons (Fsp3) is 0.588. The van der Waals surface area contributed by atoms with E-state index in [-0.39, 0.29) is 49.4 Å². The van der Waals surface area contributed by atoms with Crippen LogP contribution in [0, 0.1) is 11.8 Å². The molecule has 0 aliphatic carbocycles. The van der Waals surface area contributed by atoms with Crippen molar-refractivity contribution in [3.63, 3.8) is 0 Å². The molecule has 44 heavy (non-hydrogen) atoms. The molecule has 240 valence electrons. The van der Waals surface area contributed by atoms with Gasteiger partial charge < -0.3 is 29.7 Å². The molecule has 4 rings (SSSR count). The van der Waals surface area contributed by atoms with Crippen LogP contribution in [0.4, 0.5) is 0 Å². The average Bonchev–Trinajstić information content (AvgIpc) is 3.66. The van der Waals surface area contributed by atoms with Gasteiger partial charge in [0.2, 0.25) is 17.7 Å². The fourth-order valence-corrected chi connectivity index (χ4v) is 7.04. The van der Waals surface area contributed by atoms with Crippen LogP contribution in [0.2, 0.25) is 0 Å². The summed E-state index contributed by atoms with van der Waals surface area (Å²) in [6.45, 7) is 12.0. The molecule has 6 atom stereocenters. The lowest BCUT2D eigenvalue weighted by atomic mass is 9.70. The van der Waals surface area contributed by atoms with Gasteiger partial charge in [-0.2, -0.15) is 0 Å². The van der Waals surface area contributed by atoms with Crippen LogP contribution in [0.5, 0.6) is 0 Å². The van der Waals surface area contributed by atoms with Gasteiger partial charge in [0.1, 0.15) is 18.2 Å². The van der Waals surface area contributed by atoms with Gasteiger partial charge in [-0.3, -0.25) is 19.2 Å². The molecule has 3 saturated heterocycles. The molecule has 10 heteroatoms. The summed E-state index contributed by atoms with van der Waals surface area (Å²) < 4.78 is 12.1. The minimum atomic E-state index is -1.11. The molecule has 1 spiro atoms. The van der Waals surface area contributed by atoms with Crippen LogP contribution >= 0.6 is 0 Å². The third-order valence-electron chi connectivity index (χ3n) is 9.11. The number of hydrogen-bond acceptors (Lipinski definition) is 7. The zero-order chi connectivity index (χ0) is 31.9. The maximum Gasteiger partial charge on any atom is 0.306 e. The van der Waals surface area contributed by atoms with E-state index in [4.69, 9.17) is 9.47 Å². The summed E-state index contributed by atoms with van der Waals surface area (Å²) in [5.41, 5.74) is -0.338. The molecular formula is C34H47N3O7. The molecule has 3 aliphatic heterocycles. The second kappa shape index (κ2) is 15.0. The standard InChI is InChI=1S/C34H47N3O7/c1-5-7-16-27(39)43-22-25(24-14-10-8-11-15-24)35-31(40)28-26-17-18-34(44-26)29(28)32(41)37(20-12-9-13-21-38)30(34)33(42)36(19-6-2)23(3)4/h5-6,8,10-11,14-15,23,25-26,28-30,38H,1-2,7,9,12-13,16-22H2,3-4H3,(H,35,40)/t25-,26+,28-,29-,30+,34-/m0/s1. The van der Waals surface area contributed by atoms with Crippen LogP contribution in [0.25, 0.3) is 0 Å². The number of carbonyl (C=O) groups is 4. The number of nitrogens with zero attached hydrogens (tertiary/aromatic N) is 2. The number of carbonyl (C=O) groups excluding carboxylic acids is 4. The van der Waals surface area contributed by atoms with Crippen LogP contribution in [-0.4, -0.2) is 88.7 Å². The third kappa shape index (κ3) is 6.76. The van der Waals surface area contributed by atoms with E-state index in [1.165, 1.54) is 0 Å². The van der Waals surface area contributed by atoms with Gasteiger partial charge in [0, 0.05) is 32.2 Å². The van der Waals surface area contributed by atoms with Crippen molar-refractivity contribution in [1.82, 2.24) is 15.1 Å². The van der Waals surface area contributed by atoms with Crippen molar-refractivity contribution >= 4 is 23.7 Å². The maximum absolute atomic E-state index is 14.2. The lowest BCUT2D eigenvalue weighted by Crippen LogP contribution is -2.57. The highest BCUT2D eigenvalue weighted by Crippen LogP contribution is 2.58. The average molecular weight is 610 g/mol. The Morgan fingerprint density at radius 1 is 1.18 bits per heavy atom. The van der Waals surface area contributed by atoms with Gasteiger partial charge in [0.25, 0.3) is 0 Å². The van der Waals surface area contributed by atoms with Gasteiger partial charge in [0.15, 0.2) is 0 Å². The molecule has 3 heterocycles. The SMILES string of the molecule is C=CCCC(=O)OC[C@H](NC(=O)[C@@H]1[C@H]2C(=O)N(CCCCCO)[C@H](C(=O)N(CC=C)C(C)C)[C@]23CC[C@H]1O3)c1ccccc1. The largest absolute Gasteiger partial charge is 0.463 e. The molecule has 2 N–H and O–H groups in total. The predicted molar refractivity (Wildman–Crippen MR) is 165 cm³/mol. The first-order chi connectivity index (χ1) is 21.2. The zero-order valence-electron chi connectivity index (χ0n) is 26.0. The minimum absolute atomic E-state index is 0.0581. The Kier molecular flexibility index (Phi) is 11.4. The number of aliphatic hydroxyl groups excluding tert-OH is 1. The van der Waals surface area contributed by atoms with E-state index in [2.05, 4.69) is 18.5 Å². The van der Waals surface area contributed by atoms with Crippen molar-refractivity contribution in [3.8, 4) is 0 Å². The van der Waals surface area contributed by atoms with Crippen LogP contribution < -0.4 is 5.32 Å². The first-order valence-corrected chi connectivity index (χ1v) is 15.8. The topological polar surface area (TPSA) is 125 Å². The Balaban J connectivity index is 1.61. The van der Waals surface area contributed by atoms with E-state index < -0.39 is 35.6 Å². The van der Waals surface area contributed by atoms with Crippen molar-refractivity contribution in [2.75, 3.05) is 26.3 Å². The summed E-state index contributed by atoms with van der Waals surface area (Å²) in [6, 6.07) is 7.66. The van der Waals surface area contributed by atoms with Crippen molar-refractivity contribution in [2.24, 2.45) is 11.8 Å². The van der Waals surface area contributed by atoms with Gasteiger partial charge in [-0.05, 0) is 57.9 Å². The van der Waals surface area contributed by atoms with Crippen molar-refractivity contribution in [1.29, 1.82) is 0 Å². The molecule has 0 aromatic heterocycles. The molecule has 0 saturated carbocycles. The van der Waals surface area contributed by atoms with E-state index in [0.29, 0.717) is 51.6 Å². The zero-order valence-corrected chi connectivity index (χ0v) is 26.0. The Morgan fingerprint density at radius 3 is 2.59 bits per heavy atom. The first-order valence-electron chi connectivity index (χ1n) is 15.8. The highest BCUT2D eigenvalue weighted by atomic mass is 16.5. The minimum Gasteiger partial charge on any atom is -0.463 e. The third-order valence-corrected chi connectivity index (χ3v) is 9.11. The quantitative estimate of drug-likeness (QED) is 0.158. The summed E-state index contributed by atoms with van der Waals surface area (Å²) in [7, 11) is 0. The second-order valence-electron chi connectivity index (χ2n) is 12.2. The number of benzene rings is 1. The second-order valence-corrected chi connectivity index (χ2v) is 12.2. The fourth-order valence-electron chi connectivity index (χ4n) is 7.04.